The standard InChI is InChI=1S/C24H27N3O4/c1-4-29-20-10-9-17(12-21(20)30-5-2)14-27-15-19(13-22(27)28)23-25-24(31-26-23)18-8-6-7-16(3)11-18/h6-12,19H,4-5,13-15H2,1-3H3. The van der Waals surface area contributed by atoms with Gasteiger partial charge in [-0.25, -0.2) is 0 Å². The number of carbonyl (C=O) groups is 1. The summed E-state index contributed by atoms with van der Waals surface area (Å²) in [6.45, 7) is 8.08. The number of benzene rings is 2. The van der Waals surface area contributed by atoms with Gasteiger partial charge in [0.2, 0.25) is 5.91 Å². The highest BCUT2D eigenvalue weighted by Crippen LogP contribution is 2.32. The number of carbonyl (C=O) groups excluding carboxylic acids is 1. The Balaban J connectivity index is 1.46. The third-order valence-electron chi connectivity index (χ3n) is 5.27. The predicted molar refractivity (Wildman–Crippen MR) is 116 cm³/mol. The van der Waals surface area contributed by atoms with E-state index in [0.717, 1.165) is 16.7 Å². The van der Waals surface area contributed by atoms with E-state index in [4.69, 9.17) is 14.0 Å². The van der Waals surface area contributed by atoms with Gasteiger partial charge >= 0.3 is 0 Å². The SMILES string of the molecule is CCOc1ccc(CN2CC(c3noc(-c4cccc(C)c4)n3)CC2=O)cc1OCC. The zero-order valence-corrected chi connectivity index (χ0v) is 18.1. The van der Waals surface area contributed by atoms with Gasteiger partial charge in [0.15, 0.2) is 17.3 Å². The number of aromatic nitrogens is 2. The second kappa shape index (κ2) is 9.20. The molecule has 1 aromatic heterocycles. The summed E-state index contributed by atoms with van der Waals surface area (Å²) in [6.07, 6.45) is 0.377. The number of nitrogens with zero attached hydrogens (tertiary/aromatic N) is 3. The molecule has 7 heteroatoms. The van der Waals surface area contributed by atoms with Crippen LogP contribution in [-0.2, 0) is 11.3 Å². The highest BCUT2D eigenvalue weighted by Gasteiger charge is 2.34. The summed E-state index contributed by atoms with van der Waals surface area (Å²) >= 11 is 0. The highest BCUT2D eigenvalue weighted by molar-refractivity contribution is 5.79. The average Bonchev–Trinajstić information content (AvgIpc) is 3.38. The lowest BCUT2D eigenvalue weighted by molar-refractivity contribution is -0.128. The van der Waals surface area contributed by atoms with Gasteiger partial charge in [-0.1, -0.05) is 28.9 Å². The van der Waals surface area contributed by atoms with Gasteiger partial charge in [0.05, 0.1) is 13.2 Å². The minimum absolute atomic E-state index is 0.0798. The molecule has 2 aromatic carbocycles. The van der Waals surface area contributed by atoms with Crippen LogP contribution in [0.5, 0.6) is 11.5 Å². The monoisotopic (exact) mass is 421 g/mol. The molecule has 1 amide bonds. The van der Waals surface area contributed by atoms with Gasteiger partial charge in [-0.2, -0.15) is 4.98 Å². The molecule has 1 fully saturated rings. The first-order valence-electron chi connectivity index (χ1n) is 10.6. The average molecular weight is 421 g/mol. The summed E-state index contributed by atoms with van der Waals surface area (Å²) in [7, 11) is 0. The van der Waals surface area contributed by atoms with Gasteiger partial charge in [-0.3, -0.25) is 4.79 Å². The van der Waals surface area contributed by atoms with E-state index >= 15 is 0 Å². The van der Waals surface area contributed by atoms with Crippen molar-refractivity contribution in [2.24, 2.45) is 0 Å². The molecule has 1 atom stereocenters. The van der Waals surface area contributed by atoms with Crippen molar-refractivity contribution in [3.63, 3.8) is 0 Å². The zero-order chi connectivity index (χ0) is 21.8. The van der Waals surface area contributed by atoms with E-state index in [2.05, 4.69) is 10.1 Å². The second-order valence-corrected chi connectivity index (χ2v) is 7.65. The third-order valence-corrected chi connectivity index (χ3v) is 5.27. The van der Waals surface area contributed by atoms with Gasteiger partial charge in [0.25, 0.3) is 5.89 Å². The Hall–Kier alpha value is -3.35. The molecule has 3 aromatic rings. The van der Waals surface area contributed by atoms with E-state index < -0.39 is 0 Å². The largest absolute Gasteiger partial charge is 0.490 e. The maximum atomic E-state index is 12.6. The smallest absolute Gasteiger partial charge is 0.257 e. The lowest BCUT2D eigenvalue weighted by atomic mass is 10.1. The number of likely N-dealkylation sites (tertiary alicyclic amines) is 1. The van der Waals surface area contributed by atoms with E-state index in [9.17, 15) is 4.79 Å². The molecule has 31 heavy (non-hydrogen) atoms. The number of aryl methyl sites for hydroxylation is 1. The molecular weight excluding hydrogens is 394 g/mol. The van der Waals surface area contributed by atoms with Crippen molar-refractivity contribution in [1.29, 1.82) is 0 Å². The number of rotatable bonds is 8. The molecule has 0 bridgehead atoms. The van der Waals surface area contributed by atoms with Crippen LogP contribution < -0.4 is 9.47 Å². The fourth-order valence-corrected chi connectivity index (χ4v) is 3.81. The molecule has 1 unspecified atom stereocenters. The molecule has 0 saturated carbocycles. The van der Waals surface area contributed by atoms with E-state index in [0.29, 0.717) is 55.9 Å². The normalized spacial score (nSPS) is 16.0. The van der Waals surface area contributed by atoms with Crippen molar-refractivity contribution >= 4 is 5.91 Å². The Morgan fingerprint density at radius 1 is 1.10 bits per heavy atom. The van der Waals surface area contributed by atoms with Crippen LogP contribution in [0.3, 0.4) is 0 Å². The fourth-order valence-electron chi connectivity index (χ4n) is 3.81. The topological polar surface area (TPSA) is 77.7 Å². The lowest BCUT2D eigenvalue weighted by Crippen LogP contribution is -2.24. The van der Waals surface area contributed by atoms with Crippen molar-refractivity contribution in [2.75, 3.05) is 19.8 Å². The molecule has 4 rings (SSSR count). The molecule has 162 valence electrons. The van der Waals surface area contributed by atoms with Gasteiger partial charge in [-0.05, 0) is 50.6 Å². The minimum atomic E-state index is -0.0798. The molecule has 1 aliphatic rings. The molecule has 1 aliphatic heterocycles. The summed E-state index contributed by atoms with van der Waals surface area (Å²) in [5.74, 6) is 2.48. The molecule has 0 N–H and O–H groups in total. The predicted octanol–water partition coefficient (Wildman–Crippen LogP) is 4.36. The van der Waals surface area contributed by atoms with Crippen molar-refractivity contribution in [3.8, 4) is 23.0 Å². The molecular formula is C24H27N3O4. The summed E-state index contributed by atoms with van der Waals surface area (Å²) in [5.41, 5.74) is 3.01. The second-order valence-electron chi connectivity index (χ2n) is 7.65. The van der Waals surface area contributed by atoms with Crippen molar-refractivity contribution in [2.45, 2.75) is 39.7 Å². The Bertz CT molecular complexity index is 1060. The Kier molecular flexibility index (Phi) is 6.21. The Morgan fingerprint density at radius 2 is 1.90 bits per heavy atom. The molecule has 0 aliphatic carbocycles. The van der Waals surface area contributed by atoms with E-state index in [1.165, 1.54) is 0 Å². The molecule has 2 heterocycles. The fraction of sp³-hybridized carbons (Fsp3) is 0.375. The van der Waals surface area contributed by atoms with Gasteiger partial charge in [0, 0.05) is 31.0 Å². The first-order valence-corrected chi connectivity index (χ1v) is 10.6. The maximum Gasteiger partial charge on any atom is 0.257 e. The van der Waals surface area contributed by atoms with E-state index in [1.54, 1.807) is 0 Å². The van der Waals surface area contributed by atoms with Crippen LogP contribution >= 0.6 is 0 Å². The van der Waals surface area contributed by atoms with Crippen LogP contribution in [0.4, 0.5) is 0 Å². The molecule has 1 saturated heterocycles. The van der Waals surface area contributed by atoms with Crippen molar-refractivity contribution < 1.29 is 18.8 Å². The first kappa shape index (κ1) is 20.9. The summed E-state index contributed by atoms with van der Waals surface area (Å²) < 4.78 is 16.8. The number of ether oxygens (including phenoxy) is 2. The third kappa shape index (κ3) is 4.71. The number of amides is 1. The summed E-state index contributed by atoms with van der Waals surface area (Å²) in [5, 5.41) is 4.15. The summed E-state index contributed by atoms with van der Waals surface area (Å²) in [4.78, 5) is 19.0. The van der Waals surface area contributed by atoms with Gasteiger partial charge < -0.3 is 18.9 Å². The first-order chi connectivity index (χ1) is 15.1. The van der Waals surface area contributed by atoms with Crippen molar-refractivity contribution in [1.82, 2.24) is 15.0 Å². The highest BCUT2D eigenvalue weighted by atomic mass is 16.5. The van der Waals surface area contributed by atoms with E-state index in [1.807, 2.05) is 68.1 Å². The minimum Gasteiger partial charge on any atom is -0.490 e. The zero-order valence-electron chi connectivity index (χ0n) is 18.1. The van der Waals surface area contributed by atoms with Crippen molar-refractivity contribution in [3.05, 3.63) is 59.4 Å². The van der Waals surface area contributed by atoms with Crippen LogP contribution in [0.1, 0.15) is 43.1 Å². The van der Waals surface area contributed by atoms with E-state index in [-0.39, 0.29) is 11.8 Å². The molecule has 0 radical (unpaired) electrons. The Labute approximate surface area is 182 Å². The van der Waals surface area contributed by atoms with Crippen LogP contribution in [0.25, 0.3) is 11.5 Å². The molecule has 0 spiro atoms. The quantitative estimate of drug-likeness (QED) is 0.538. The maximum absolute atomic E-state index is 12.6. The van der Waals surface area contributed by atoms with Crippen LogP contribution in [0.15, 0.2) is 47.0 Å². The van der Waals surface area contributed by atoms with Gasteiger partial charge in [0.1, 0.15) is 0 Å². The van der Waals surface area contributed by atoms with Crippen LogP contribution in [-0.4, -0.2) is 40.7 Å². The summed E-state index contributed by atoms with van der Waals surface area (Å²) in [6, 6.07) is 13.7. The van der Waals surface area contributed by atoms with Crippen LogP contribution in [0, 0.1) is 6.92 Å². The van der Waals surface area contributed by atoms with Gasteiger partial charge in [-0.15, -0.1) is 0 Å². The van der Waals surface area contributed by atoms with Crippen LogP contribution in [0.2, 0.25) is 0 Å². The Morgan fingerprint density at radius 3 is 2.68 bits per heavy atom. The number of hydrogen-bond donors (Lipinski definition) is 0. The lowest BCUT2D eigenvalue weighted by Gasteiger charge is -2.18. The number of hydrogen-bond acceptors (Lipinski definition) is 6. The molecule has 7 nitrogen and oxygen atoms in total.